The second-order valence-corrected chi connectivity index (χ2v) is 3.61. The molecule has 10 heavy (non-hydrogen) atoms. The molecule has 2 bridgehead atoms. The minimum Gasteiger partial charge on any atom is -0.272 e. The maximum Gasteiger partial charge on any atom is 0.164 e. The smallest absolute Gasteiger partial charge is 0.164 e. The molecule has 0 aromatic rings. The van der Waals surface area contributed by atoms with Gasteiger partial charge in [0.05, 0.1) is 0 Å². The van der Waals surface area contributed by atoms with Gasteiger partial charge < -0.3 is 0 Å². The molecular weight excluding hydrogens is 129 g/mol. The van der Waals surface area contributed by atoms with Crippen LogP contribution in [0, 0.1) is 0 Å². The Kier molecular flexibility index (Phi) is 1.28. The fourth-order valence-corrected chi connectivity index (χ4v) is 2.33. The standard InChI is InChI=1S/C8H14FN/c1-10-7-3-2-5-8(10,9)6-4-7/h7H,2-6H2,1H3. The number of hydrogen-bond acceptors (Lipinski definition) is 1. The van der Waals surface area contributed by atoms with Crippen LogP contribution in [0.4, 0.5) is 4.39 Å². The van der Waals surface area contributed by atoms with Crippen molar-refractivity contribution < 1.29 is 4.39 Å². The van der Waals surface area contributed by atoms with E-state index in [-0.39, 0.29) is 0 Å². The van der Waals surface area contributed by atoms with E-state index in [0.717, 1.165) is 25.7 Å². The summed E-state index contributed by atoms with van der Waals surface area (Å²) >= 11 is 0. The molecular formula is C8H14FN. The van der Waals surface area contributed by atoms with Crippen molar-refractivity contribution in [3.8, 4) is 0 Å². The van der Waals surface area contributed by atoms with Crippen LogP contribution in [0.2, 0.25) is 0 Å². The third kappa shape index (κ3) is 0.715. The first-order valence-corrected chi connectivity index (χ1v) is 4.14. The Bertz CT molecular complexity index is 144. The molecule has 0 saturated carbocycles. The highest BCUT2D eigenvalue weighted by Crippen LogP contribution is 2.43. The van der Waals surface area contributed by atoms with Gasteiger partial charge in [0.2, 0.25) is 0 Å². The van der Waals surface area contributed by atoms with Crippen molar-refractivity contribution in [1.29, 1.82) is 0 Å². The van der Waals surface area contributed by atoms with Gasteiger partial charge in [0.15, 0.2) is 5.79 Å². The molecule has 58 valence electrons. The Morgan fingerprint density at radius 2 is 2.20 bits per heavy atom. The Hall–Kier alpha value is -0.110. The third-order valence-electron chi connectivity index (χ3n) is 3.14. The molecule has 2 saturated heterocycles. The molecule has 2 heteroatoms. The van der Waals surface area contributed by atoms with Crippen LogP contribution in [0.15, 0.2) is 0 Å². The molecule has 0 aromatic heterocycles. The van der Waals surface area contributed by atoms with E-state index in [1.807, 2.05) is 11.9 Å². The van der Waals surface area contributed by atoms with Gasteiger partial charge in [0.1, 0.15) is 0 Å². The lowest BCUT2D eigenvalue weighted by atomic mass is 10.0. The zero-order valence-electron chi connectivity index (χ0n) is 6.44. The molecule has 2 aliphatic heterocycles. The van der Waals surface area contributed by atoms with Crippen LogP contribution in [0.1, 0.15) is 32.1 Å². The summed E-state index contributed by atoms with van der Waals surface area (Å²) in [6, 6.07) is 0.554. The van der Waals surface area contributed by atoms with Gasteiger partial charge in [-0.1, -0.05) is 0 Å². The van der Waals surface area contributed by atoms with E-state index in [4.69, 9.17) is 0 Å². The predicted octanol–water partition coefficient (Wildman–Crippen LogP) is 1.93. The van der Waals surface area contributed by atoms with Crippen LogP contribution in [0.25, 0.3) is 0 Å². The zero-order valence-corrected chi connectivity index (χ0v) is 6.44. The minimum atomic E-state index is -0.914. The number of halogens is 1. The van der Waals surface area contributed by atoms with Gasteiger partial charge in [-0.15, -0.1) is 0 Å². The highest BCUT2D eigenvalue weighted by Gasteiger charge is 2.46. The van der Waals surface area contributed by atoms with E-state index < -0.39 is 5.79 Å². The van der Waals surface area contributed by atoms with Gasteiger partial charge in [0.25, 0.3) is 0 Å². The zero-order chi connectivity index (χ0) is 7.19. The Balaban J connectivity index is 2.21. The van der Waals surface area contributed by atoms with Crippen molar-refractivity contribution in [2.45, 2.75) is 43.9 Å². The molecule has 0 aromatic carbocycles. The van der Waals surface area contributed by atoms with E-state index in [1.54, 1.807) is 0 Å². The average Bonchev–Trinajstić information content (AvgIpc) is 2.18. The Morgan fingerprint density at radius 1 is 1.40 bits per heavy atom. The van der Waals surface area contributed by atoms with Crippen LogP contribution in [-0.2, 0) is 0 Å². The molecule has 0 amide bonds. The number of hydrogen-bond donors (Lipinski definition) is 0. The number of fused-ring (bicyclic) bond motifs is 2. The first-order valence-electron chi connectivity index (χ1n) is 4.14. The van der Waals surface area contributed by atoms with Gasteiger partial charge in [-0.05, 0) is 39.2 Å². The van der Waals surface area contributed by atoms with Crippen LogP contribution in [0.5, 0.6) is 0 Å². The predicted molar refractivity (Wildman–Crippen MR) is 38.5 cm³/mol. The van der Waals surface area contributed by atoms with E-state index in [2.05, 4.69) is 0 Å². The van der Waals surface area contributed by atoms with E-state index in [1.165, 1.54) is 6.42 Å². The summed E-state index contributed by atoms with van der Waals surface area (Å²) in [4.78, 5) is 1.94. The van der Waals surface area contributed by atoms with Crippen molar-refractivity contribution in [1.82, 2.24) is 4.90 Å². The molecule has 0 radical (unpaired) electrons. The summed E-state index contributed by atoms with van der Waals surface area (Å²) in [5.41, 5.74) is 0. The van der Waals surface area contributed by atoms with Crippen molar-refractivity contribution in [3.05, 3.63) is 0 Å². The number of nitrogens with zero attached hydrogens (tertiary/aromatic N) is 1. The lowest BCUT2D eigenvalue weighted by Crippen LogP contribution is -2.44. The molecule has 0 N–H and O–H groups in total. The normalized spacial score (nSPS) is 48.0. The summed E-state index contributed by atoms with van der Waals surface area (Å²) in [7, 11) is 1.93. The van der Waals surface area contributed by atoms with Crippen molar-refractivity contribution in [2.75, 3.05) is 7.05 Å². The van der Waals surface area contributed by atoms with Gasteiger partial charge in [-0.3, -0.25) is 4.90 Å². The van der Waals surface area contributed by atoms with Gasteiger partial charge in [0, 0.05) is 6.04 Å². The summed E-state index contributed by atoms with van der Waals surface area (Å²) in [6.07, 6.45) is 4.91. The first kappa shape index (κ1) is 6.59. The largest absolute Gasteiger partial charge is 0.272 e. The molecule has 0 spiro atoms. The van der Waals surface area contributed by atoms with Crippen LogP contribution in [0.3, 0.4) is 0 Å². The lowest BCUT2D eigenvalue weighted by Gasteiger charge is -2.35. The molecule has 0 aliphatic carbocycles. The quantitative estimate of drug-likeness (QED) is 0.468. The molecule has 2 fully saturated rings. The Morgan fingerprint density at radius 3 is 2.80 bits per heavy atom. The molecule has 2 aliphatic rings. The maximum absolute atomic E-state index is 13.7. The van der Waals surface area contributed by atoms with Crippen LogP contribution >= 0.6 is 0 Å². The van der Waals surface area contributed by atoms with E-state index in [9.17, 15) is 4.39 Å². The van der Waals surface area contributed by atoms with E-state index in [0.29, 0.717) is 6.04 Å². The summed E-state index contributed by atoms with van der Waals surface area (Å²) in [5.74, 6) is -0.914. The molecule has 2 unspecified atom stereocenters. The third-order valence-corrected chi connectivity index (χ3v) is 3.14. The van der Waals surface area contributed by atoms with Gasteiger partial charge in [-0.25, -0.2) is 4.39 Å². The van der Waals surface area contributed by atoms with Gasteiger partial charge in [-0.2, -0.15) is 0 Å². The summed E-state index contributed by atoms with van der Waals surface area (Å²) in [5, 5.41) is 0. The number of alkyl halides is 1. The average molecular weight is 143 g/mol. The first-order chi connectivity index (χ1) is 4.72. The second-order valence-electron chi connectivity index (χ2n) is 3.61. The maximum atomic E-state index is 13.7. The molecule has 1 nitrogen and oxygen atoms in total. The summed E-state index contributed by atoms with van der Waals surface area (Å²) < 4.78 is 13.7. The fraction of sp³-hybridized carbons (Fsp3) is 1.00. The highest BCUT2D eigenvalue weighted by molar-refractivity contribution is 4.95. The topological polar surface area (TPSA) is 3.24 Å². The van der Waals surface area contributed by atoms with Crippen LogP contribution < -0.4 is 0 Å². The number of piperidine rings is 1. The Labute approximate surface area is 61.2 Å². The number of rotatable bonds is 0. The molecule has 2 heterocycles. The van der Waals surface area contributed by atoms with Gasteiger partial charge >= 0.3 is 0 Å². The van der Waals surface area contributed by atoms with Crippen molar-refractivity contribution in [3.63, 3.8) is 0 Å². The summed E-state index contributed by atoms with van der Waals surface area (Å²) in [6.45, 7) is 0. The molecule has 2 atom stereocenters. The molecule has 2 rings (SSSR count). The van der Waals surface area contributed by atoms with E-state index >= 15 is 0 Å². The van der Waals surface area contributed by atoms with Crippen molar-refractivity contribution in [2.24, 2.45) is 0 Å². The lowest BCUT2D eigenvalue weighted by molar-refractivity contribution is -0.0319. The minimum absolute atomic E-state index is 0.554. The monoisotopic (exact) mass is 143 g/mol. The second kappa shape index (κ2) is 1.94. The fourth-order valence-electron chi connectivity index (χ4n) is 2.33. The highest BCUT2D eigenvalue weighted by atomic mass is 19.1. The van der Waals surface area contributed by atoms with Crippen molar-refractivity contribution >= 4 is 0 Å². The SMILES string of the molecule is CN1C2CCCC1(F)CC2. The van der Waals surface area contributed by atoms with Crippen LogP contribution in [-0.4, -0.2) is 23.8 Å².